The molecule has 0 bridgehead atoms. The van der Waals surface area contributed by atoms with Crippen molar-refractivity contribution in [2.75, 3.05) is 26.7 Å². The highest BCUT2D eigenvalue weighted by atomic mass is 16.6. The molecule has 1 aromatic carbocycles. The largest absolute Gasteiger partial charge is 0.445 e. The van der Waals surface area contributed by atoms with Crippen molar-refractivity contribution in [3.8, 4) is 0 Å². The quantitative estimate of drug-likeness (QED) is 0.839. The maximum Gasteiger partial charge on any atom is 0.410 e. The lowest BCUT2D eigenvalue weighted by Gasteiger charge is -2.15. The normalized spacial score (nSPS) is 20.2. The predicted octanol–water partition coefficient (Wildman–Crippen LogP) is 1.22. The highest BCUT2D eigenvalue weighted by molar-refractivity contribution is 5.93. The van der Waals surface area contributed by atoms with Crippen molar-refractivity contribution in [1.29, 1.82) is 0 Å². The van der Waals surface area contributed by atoms with Crippen molar-refractivity contribution >= 4 is 11.8 Å². The summed E-state index contributed by atoms with van der Waals surface area (Å²) in [5.41, 5.74) is 7.41. The van der Waals surface area contributed by atoms with Gasteiger partial charge in [-0.25, -0.2) is 4.79 Å². The highest BCUT2D eigenvalue weighted by Crippen LogP contribution is 2.15. The lowest BCUT2D eigenvalue weighted by molar-refractivity contribution is 0.104. The van der Waals surface area contributed by atoms with Crippen LogP contribution in [0.4, 0.5) is 4.79 Å². The van der Waals surface area contributed by atoms with E-state index < -0.39 is 0 Å². The third-order valence-electron chi connectivity index (χ3n) is 3.22. The molecule has 1 aromatic rings. The Morgan fingerprint density at radius 2 is 2.20 bits per heavy atom. The van der Waals surface area contributed by atoms with E-state index in [1.54, 1.807) is 4.90 Å². The van der Waals surface area contributed by atoms with Crippen LogP contribution in [0.15, 0.2) is 35.5 Å². The molecule has 1 aliphatic rings. The zero-order chi connectivity index (χ0) is 14.4. The summed E-state index contributed by atoms with van der Waals surface area (Å²) in [6.07, 6.45) is -0.353. The summed E-state index contributed by atoms with van der Waals surface area (Å²) < 4.78 is 5.28. The van der Waals surface area contributed by atoms with Gasteiger partial charge in [0.2, 0.25) is 0 Å². The number of carbonyl (C=O) groups is 1. The third kappa shape index (κ3) is 3.48. The van der Waals surface area contributed by atoms with Gasteiger partial charge in [0.15, 0.2) is 0 Å². The van der Waals surface area contributed by atoms with Crippen molar-refractivity contribution in [3.05, 3.63) is 35.9 Å². The van der Waals surface area contributed by atoms with Gasteiger partial charge in [0.25, 0.3) is 0 Å². The van der Waals surface area contributed by atoms with Gasteiger partial charge in [0, 0.05) is 19.0 Å². The van der Waals surface area contributed by atoms with Gasteiger partial charge in [-0.1, -0.05) is 35.5 Å². The van der Waals surface area contributed by atoms with Gasteiger partial charge in [0.1, 0.15) is 13.7 Å². The first-order valence-electron chi connectivity index (χ1n) is 6.50. The third-order valence-corrected chi connectivity index (χ3v) is 3.22. The number of oxime groups is 1. The lowest BCUT2D eigenvalue weighted by atomic mass is 10.1. The van der Waals surface area contributed by atoms with Crippen LogP contribution in [-0.2, 0) is 16.2 Å². The average Bonchev–Trinajstić information content (AvgIpc) is 2.89. The highest BCUT2D eigenvalue weighted by Gasteiger charge is 2.32. The number of hydrogen-bond donors (Lipinski definition) is 1. The number of likely N-dealkylation sites (tertiary alicyclic amines) is 1. The smallest absolute Gasteiger partial charge is 0.410 e. The summed E-state index contributed by atoms with van der Waals surface area (Å²) in [7, 11) is 1.48. The van der Waals surface area contributed by atoms with Crippen molar-refractivity contribution < 1.29 is 14.4 Å². The Labute approximate surface area is 118 Å². The molecule has 0 radical (unpaired) electrons. The van der Waals surface area contributed by atoms with Crippen LogP contribution in [0.25, 0.3) is 0 Å². The summed E-state index contributed by atoms with van der Waals surface area (Å²) in [6, 6.07) is 9.57. The molecule has 6 nitrogen and oxygen atoms in total. The number of benzene rings is 1. The molecule has 6 heteroatoms. The number of carbonyl (C=O) groups excluding carboxylic acids is 1. The van der Waals surface area contributed by atoms with Crippen LogP contribution in [0.5, 0.6) is 0 Å². The monoisotopic (exact) mass is 277 g/mol. The van der Waals surface area contributed by atoms with E-state index in [9.17, 15) is 4.79 Å². The Morgan fingerprint density at radius 3 is 2.85 bits per heavy atom. The van der Waals surface area contributed by atoms with E-state index in [2.05, 4.69) is 5.16 Å². The molecule has 1 amide bonds. The van der Waals surface area contributed by atoms with Crippen LogP contribution in [0.3, 0.4) is 0 Å². The fourth-order valence-corrected chi connectivity index (χ4v) is 2.14. The van der Waals surface area contributed by atoms with Crippen LogP contribution in [0, 0.1) is 5.92 Å². The van der Waals surface area contributed by atoms with Crippen LogP contribution >= 0.6 is 0 Å². The molecule has 0 aromatic heterocycles. The van der Waals surface area contributed by atoms with Crippen molar-refractivity contribution in [2.45, 2.75) is 6.61 Å². The molecule has 2 N–H and O–H groups in total. The van der Waals surface area contributed by atoms with Crippen molar-refractivity contribution in [3.63, 3.8) is 0 Å². The average molecular weight is 277 g/mol. The molecular formula is C14H19N3O3. The van der Waals surface area contributed by atoms with E-state index in [1.165, 1.54) is 7.11 Å². The number of hydrogen-bond acceptors (Lipinski definition) is 5. The maximum atomic E-state index is 12.0. The minimum absolute atomic E-state index is 0.0409. The summed E-state index contributed by atoms with van der Waals surface area (Å²) in [5, 5.41) is 3.91. The second kappa shape index (κ2) is 6.91. The molecule has 1 fully saturated rings. The van der Waals surface area contributed by atoms with E-state index in [0.717, 1.165) is 11.3 Å². The Morgan fingerprint density at radius 1 is 1.45 bits per heavy atom. The second-order valence-corrected chi connectivity index (χ2v) is 4.62. The number of ether oxygens (including phenoxy) is 1. The van der Waals surface area contributed by atoms with Crippen molar-refractivity contribution in [1.82, 2.24) is 4.90 Å². The maximum absolute atomic E-state index is 12.0. The standard InChI is InChI=1S/C14H19N3O3/c1-19-16-13-9-17(8-12(13)7-15)14(18)20-10-11-5-3-2-4-6-11/h2-6,12H,7-10,15H2,1H3/b16-13+. The molecule has 1 heterocycles. The predicted molar refractivity (Wildman–Crippen MR) is 75.2 cm³/mol. The molecule has 1 saturated heterocycles. The number of nitrogens with zero attached hydrogens (tertiary/aromatic N) is 2. The van der Waals surface area contributed by atoms with Gasteiger partial charge < -0.3 is 20.2 Å². The second-order valence-electron chi connectivity index (χ2n) is 4.62. The summed E-state index contributed by atoms with van der Waals surface area (Å²) in [6.45, 7) is 1.63. The van der Waals surface area contributed by atoms with Gasteiger partial charge in [-0.2, -0.15) is 0 Å². The molecule has 0 saturated carbocycles. The van der Waals surface area contributed by atoms with E-state index in [4.69, 9.17) is 15.3 Å². The Balaban J connectivity index is 1.89. The van der Waals surface area contributed by atoms with Gasteiger partial charge in [-0.15, -0.1) is 0 Å². The molecule has 2 rings (SSSR count). The number of nitrogens with two attached hydrogens (primary N) is 1. The zero-order valence-electron chi connectivity index (χ0n) is 11.5. The molecule has 0 spiro atoms. The van der Waals surface area contributed by atoms with Crippen LogP contribution in [-0.4, -0.2) is 43.4 Å². The first-order valence-corrected chi connectivity index (χ1v) is 6.50. The molecule has 108 valence electrons. The Kier molecular flexibility index (Phi) is 4.95. The minimum atomic E-state index is -0.353. The Hall–Kier alpha value is -2.08. The first kappa shape index (κ1) is 14.3. The van der Waals surface area contributed by atoms with E-state index in [0.29, 0.717) is 19.6 Å². The number of amides is 1. The van der Waals surface area contributed by atoms with Gasteiger partial charge in [-0.05, 0) is 5.56 Å². The van der Waals surface area contributed by atoms with Crippen molar-refractivity contribution in [2.24, 2.45) is 16.8 Å². The molecule has 20 heavy (non-hydrogen) atoms. The topological polar surface area (TPSA) is 77.1 Å². The van der Waals surface area contributed by atoms with E-state index in [1.807, 2.05) is 30.3 Å². The van der Waals surface area contributed by atoms with Gasteiger partial charge in [-0.3, -0.25) is 0 Å². The SMILES string of the molecule is CO/N=C1\CN(C(=O)OCc2ccccc2)CC1CN. The van der Waals surface area contributed by atoms with Crippen LogP contribution in [0.2, 0.25) is 0 Å². The first-order chi connectivity index (χ1) is 9.74. The fourth-order valence-electron chi connectivity index (χ4n) is 2.14. The fraction of sp³-hybridized carbons (Fsp3) is 0.429. The van der Waals surface area contributed by atoms with E-state index >= 15 is 0 Å². The minimum Gasteiger partial charge on any atom is -0.445 e. The molecular weight excluding hydrogens is 258 g/mol. The Bertz CT molecular complexity index is 476. The summed E-state index contributed by atoms with van der Waals surface area (Å²) in [5.74, 6) is 0.0409. The lowest BCUT2D eigenvalue weighted by Crippen LogP contribution is -2.30. The number of rotatable bonds is 4. The van der Waals surface area contributed by atoms with Crippen LogP contribution < -0.4 is 5.73 Å². The van der Waals surface area contributed by atoms with E-state index in [-0.39, 0.29) is 18.6 Å². The van der Waals surface area contributed by atoms with Crippen LogP contribution in [0.1, 0.15) is 5.56 Å². The molecule has 1 atom stereocenters. The van der Waals surface area contributed by atoms with Gasteiger partial charge in [0.05, 0.1) is 12.3 Å². The molecule has 1 unspecified atom stereocenters. The van der Waals surface area contributed by atoms with Gasteiger partial charge >= 0.3 is 6.09 Å². The molecule has 1 aliphatic heterocycles. The summed E-state index contributed by atoms with van der Waals surface area (Å²) in [4.78, 5) is 18.4. The zero-order valence-corrected chi connectivity index (χ0v) is 11.5. The molecule has 0 aliphatic carbocycles. The summed E-state index contributed by atoms with van der Waals surface area (Å²) >= 11 is 0.